The SMILES string of the molecule is CC(C)[C@@H]1OC(C)[C@@H](N)[C@H](O)C1O.CC(C)[C@@H]1OC(C)[C@@H](O)[C@H](O)C1O. The highest BCUT2D eigenvalue weighted by atomic mass is 16.5. The summed E-state index contributed by atoms with van der Waals surface area (Å²) in [5, 5.41) is 47.6. The second-order valence-electron chi connectivity index (χ2n) is 8.13. The highest BCUT2D eigenvalue weighted by molar-refractivity contribution is 4.94. The fourth-order valence-corrected chi connectivity index (χ4v) is 3.30. The maximum atomic E-state index is 9.64. The average molecular weight is 379 g/mol. The average Bonchev–Trinajstić information content (AvgIpc) is 2.57. The summed E-state index contributed by atoms with van der Waals surface area (Å²) in [5.41, 5.74) is 5.64. The van der Waals surface area contributed by atoms with Gasteiger partial charge in [-0.2, -0.15) is 0 Å². The maximum absolute atomic E-state index is 9.64. The summed E-state index contributed by atoms with van der Waals surface area (Å²) < 4.78 is 10.9. The number of aliphatic hydroxyl groups excluding tert-OH is 5. The van der Waals surface area contributed by atoms with Crippen LogP contribution in [0.2, 0.25) is 0 Å². The molecule has 26 heavy (non-hydrogen) atoms. The van der Waals surface area contributed by atoms with E-state index in [0.29, 0.717) is 0 Å². The molecule has 0 spiro atoms. The summed E-state index contributed by atoms with van der Waals surface area (Å²) in [6.45, 7) is 11.2. The van der Waals surface area contributed by atoms with E-state index in [1.165, 1.54) is 0 Å². The van der Waals surface area contributed by atoms with Gasteiger partial charge in [0.15, 0.2) is 0 Å². The summed E-state index contributed by atoms with van der Waals surface area (Å²) in [6.07, 6.45) is -6.18. The molecule has 2 fully saturated rings. The van der Waals surface area contributed by atoms with Gasteiger partial charge >= 0.3 is 0 Å². The second-order valence-corrected chi connectivity index (χ2v) is 8.13. The molecule has 0 radical (unpaired) electrons. The monoisotopic (exact) mass is 379 g/mol. The lowest BCUT2D eigenvalue weighted by molar-refractivity contribution is -0.226. The van der Waals surface area contributed by atoms with E-state index in [1.54, 1.807) is 6.92 Å². The molecule has 0 saturated carbocycles. The van der Waals surface area contributed by atoms with Crippen molar-refractivity contribution in [1.29, 1.82) is 0 Å². The van der Waals surface area contributed by atoms with Crippen LogP contribution in [-0.4, -0.2) is 86.5 Å². The summed E-state index contributed by atoms with van der Waals surface area (Å²) in [7, 11) is 0. The topological polar surface area (TPSA) is 146 Å². The smallest absolute Gasteiger partial charge is 0.111 e. The highest BCUT2D eigenvalue weighted by Gasteiger charge is 2.43. The number of nitrogens with two attached hydrogens (primary N) is 1. The van der Waals surface area contributed by atoms with Crippen molar-refractivity contribution in [2.75, 3.05) is 0 Å². The molecule has 2 rings (SSSR count). The third kappa shape index (κ3) is 5.36. The Morgan fingerprint density at radius 1 is 0.615 bits per heavy atom. The van der Waals surface area contributed by atoms with E-state index in [2.05, 4.69) is 0 Å². The van der Waals surface area contributed by atoms with Crippen LogP contribution < -0.4 is 5.73 Å². The van der Waals surface area contributed by atoms with E-state index in [4.69, 9.17) is 15.2 Å². The zero-order valence-electron chi connectivity index (χ0n) is 16.6. The van der Waals surface area contributed by atoms with Crippen molar-refractivity contribution < 1.29 is 35.0 Å². The van der Waals surface area contributed by atoms with Gasteiger partial charge < -0.3 is 40.7 Å². The lowest BCUT2D eigenvalue weighted by Crippen LogP contribution is -2.61. The summed E-state index contributed by atoms with van der Waals surface area (Å²) >= 11 is 0. The van der Waals surface area contributed by atoms with Gasteiger partial charge in [-0.1, -0.05) is 27.7 Å². The number of hydrogen-bond acceptors (Lipinski definition) is 8. The minimum atomic E-state index is -1.10. The molecule has 0 aliphatic carbocycles. The number of aliphatic hydroxyl groups is 5. The highest BCUT2D eigenvalue weighted by Crippen LogP contribution is 2.25. The predicted molar refractivity (Wildman–Crippen MR) is 96.4 cm³/mol. The Labute approximate surface area is 155 Å². The Morgan fingerprint density at radius 2 is 1.00 bits per heavy atom. The van der Waals surface area contributed by atoms with Crippen molar-refractivity contribution >= 4 is 0 Å². The third-order valence-electron chi connectivity index (χ3n) is 5.20. The quantitative estimate of drug-likeness (QED) is 0.358. The van der Waals surface area contributed by atoms with Gasteiger partial charge in [0.05, 0.1) is 36.6 Å². The van der Waals surface area contributed by atoms with E-state index in [-0.39, 0.29) is 24.0 Å². The number of rotatable bonds is 2. The molecular formula is C18H37NO7. The van der Waals surface area contributed by atoms with Gasteiger partial charge in [0.1, 0.15) is 24.4 Å². The predicted octanol–water partition coefficient (Wildman–Crippen LogP) is -1.01. The van der Waals surface area contributed by atoms with Crippen molar-refractivity contribution in [3.8, 4) is 0 Å². The van der Waals surface area contributed by atoms with Crippen LogP contribution >= 0.6 is 0 Å². The van der Waals surface area contributed by atoms with Gasteiger partial charge in [0.2, 0.25) is 0 Å². The molecule has 0 amide bonds. The first-order valence-electron chi connectivity index (χ1n) is 9.36. The van der Waals surface area contributed by atoms with Crippen LogP contribution in [0.25, 0.3) is 0 Å². The second kappa shape index (κ2) is 9.75. The van der Waals surface area contributed by atoms with E-state index in [0.717, 1.165) is 0 Å². The molecule has 4 unspecified atom stereocenters. The molecule has 10 atom stereocenters. The molecular weight excluding hydrogens is 342 g/mol. The number of hydrogen-bond donors (Lipinski definition) is 6. The Kier molecular flexibility index (Phi) is 8.89. The Morgan fingerprint density at radius 3 is 1.42 bits per heavy atom. The first-order chi connectivity index (χ1) is 11.9. The van der Waals surface area contributed by atoms with Gasteiger partial charge in [-0.15, -0.1) is 0 Å². The van der Waals surface area contributed by atoms with Gasteiger partial charge in [0, 0.05) is 0 Å². The van der Waals surface area contributed by atoms with Crippen molar-refractivity contribution in [3.05, 3.63) is 0 Å². The molecule has 0 aromatic carbocycles. The van der Waals surface area contributed by atoms with Gasteiger partial charge in [-0.05, 0) is 25.7 Å². The first-order valence-corrected chi connectivity index (χ1v) is 9.36. The molecule has 156 valence electrons. The lowest BCUT2D eigenvalue weighted by Gasteiger charge is -2.41. The van der Waals surface area contributed by atoms with E-state index in [1.807, 2.05) is 34.6 Å². The van der Waals surface area contributed by atoms with Gasteiger partial charge in [-0.25, -0.2) is 0 Å². The molecule has 8 heteroatoms. The fourth-order valence-electron chi connectivity index (χ4n) is 3.30. The third-order valence-corrected chi connectivity index (χ3v) is 5.20. The Hall–Kier alpha value is -0.320. The molecule has 8 nitrogen and oxygen atoms in total. The largest absolute Gasteiger partial charge is 0.389 e. The lowest BCUT2D eigenvalue weighted by atomic mass is 9.89. The van der Waals surface area contributed by atoms with Crippen molar-refractivity contribution in [2.45, 2.75) is 103 Å². The normalized spacial score (nSPS) is 46.8. The summed E-state index contributed by atoms with van der Waals surface area (Å²) in [5.74, 6) is 0.305. The van der Waals surface area contributed by atoms with Crippen molar-refractivity contribution in [3.63, 3.8) is 0 Å². The molecule has 0 aromatic rings. The summed E-state index contributed by atoms with van der Waals surface area (Å²) in [6, 6.07) is -0.495. The summed E-state index contributed by atoms with van der Waals surface area (Å²) in [4.78, 5) is 0. The van der Waals surface area contributed by atoms with E-state index < -0.39 is 48.8 Å². The minimum Gasteiger partial charge on any atom is -0.389 e. The molecule has 2 heterocycles. The molecule has 0 aromatic heterocycles. The zero-order valence-corrected chi connectivity index (χ0v) is 16.6. The van der Waals surface area contributed by atoms with Crippen LogP contribution in [-0.2, 0) is 9.47 Å². The zero-order chi connectivity index (χ0) is 20.3. The molecule has 0 bridgehead atoms. The molecule has 2 aliphatic rings. The molecule has 2 saturated heterocycles. The Balaban J connectivity index is 0.000000260. The number of ether oxygens (including phenoxy) is 2. The van der Waals surface area contributed by atoms with E-state index >= 15 is 0 Å². The van der Waals surface area contributed by atoms with Crippen molar-refractivity contribution in [2.24, 2.45) is 17.6 Å². The fraction of sp³-hybridized carbons (Fsp3) is 1.00. The molecule has 7 N–H and O–H groups in total. The van der Waals surface area contributed by atoms with Crippen LogP contribution in [0.3, 0.4) is 0 Å². The van der Waals surface area contributed by atoms with Crippen LogP contribution in [0.4, 0.5) is 0 Å². The van der Waals surface area contributed by atoms with Gasteiger partial charge in [-0.3, -0.25) is 0 Å². The minimum absolute atomic E-state index is 0.125. The van der Waals surface area contributed by atoms with Gasteiger partial charge in [0.25, 0.3) is 0 Å². The maximum Gasteiger partial charge on any atom is 0.111 e. The van der Waals surface area contributed by atoms with Crippen LogP contribution in [0.5, 0.6) is 0 Å². The standard InChI is InChI=1S/C9H19NO3.C9H18O4/c2*1-4(2)9-8(12)7(11)6(10)5(3)13-9/h4-9,11-12H,10H2,1-3H3;4-12H,1-3H3/t2*5?,6-,7+,8?,9+/m11/s1. The van der Waals surface area contributed by atoms with Crippen LogP contribution in [0.15, 0.2) is 0 Å². The van der Waals surface area contributed by atoms with Crippen LogP contribution in [0, 0.1) is 11.8 Å². The first kappa shape index (κ1) is 23.7. The van der Waals surface area contributed by atoms with Crippen LogP contribution in [0.1, 0.15) is 41.5 Å². The Bertz CT molecular complexity index is 384. The molecule has 2 aliphatic heterocycles. The van der Waals surface area contributed by atoms with E-state index in [9.17, 15) is 25.5 Å². The van der Waals surface area contributed by atoms with Crippen molar-refractivity contribution in [1.82, 2.24) is 0 Å².